The predicted molar refractivity (Wildman–Crippen MR) is 148 cm³/mol. The number of nitrogens with zero attached hydrogens (tertiary/aromatic N) is 4. The molecule has 0 bridgehead atoms. The van der Waals surface area contributed by atoms with Gasteiger partial charge in [-0.25, -0.2) is 0 Å². The molecule has 5 nitrogen and oxygen atoms in total. The van der Waals surface area contributed by atoms with E-state index in [0.717, 1.165) is 78.7 Å². The van der Waals surface area contributed by atoms with Crippen LogP contribution in [0.3, 0.4) is 0 Å². The molecule has 0 fully saturated rings. The van der Waals surface area contributed by atoms with Crippen LogP contribution in [-0.4, -0.2) is 110 Å². The molecule has 200 valence electrons. The molecule has 0 aliphatic heterocycles. The van der Waals surface area contributed by atoms with Gasteiger partial charge in [0.2, 0.25) is 0 Å². The fourth-order valence-corrected chi connectivity index (χ4v) is 4.78. The third-order valence-electron chi connectivity index (χ3n) is 7.44. The van der Waals surface area contributed by atoms with Gasteiger partial charge in [0.25, 0.3) is 0 Å². The van der Waals surface area contributed by atoms with Crippen LogP contribution in [0, 0.1) is 0 Å². The van der Waals surface area contributed by atoms with Gasteiger partial charge in [0.1, 0.15) is 0 Å². The molecule has 0 aromatic carbocycles. The minimum absolute atomic E-state index is 0.545. The summed E-state index contributed by atoms with van der Waals surface area (Å²) in [6.07, 6.45) is 7.61. The summed E-state index contributed by atoms with van der Waals surface area (Å²) < 4.78 is 6.53. The van der Waals surface area contributed by atoms with Crippen LogP contribution in [0.2, 0.25) is 0 Å². The van der Waals surface area contributed by atoms with Crippen LogP contribution in [0.4, 0.5) is 0 Å². The quantitative estimate of drug-likeness (QED) is 0.187. The second kappa shape index (κ2) is 22.3. The first-order valence-corrected chi connectivity index (χ1v) is 14.5. The van der Waals surface area contributed by atoms with Crippen LogP contribution < -0.4 is 0 Å². The lowest BCUT2D eigenvalue weighted by atomic mass is 10.1. The second-order valence-electron chi connectivity index (χ2n) is 9.44. The topological polar surface area (TPSA) is 22.2 Å². The zero-order valence-corrected chi connectivity index (χ0v) is 24.1. The van der Waals surface area contributed by atoms with Crippen molar-refractivity contribution in [3.05, 3.63) is 0 Å². The van der Waals surface area contributed by atoms with E-state index >= 15 is 0 Å². The van der Waals surface area contributed by atoms with Crippen LogP contribution in [0.5, 0.6) is 0 Å². The molecule has 0 rings (SSSR count). The lowest BCUT2D eigenvalue weighted by Crippen LogP contribution is -2.45. The number of unbranched alkanes of at least 4 members (excludes halogenated alkanes) is 2. The van der Waals surface area contributed by atoms with Crippen LogP contribution in [0.15, 0.2) is 0 Å². The summed E-state index contributed by atoms with van der Waals surface area (Å²) >= 11 is 0. The van der Waals surface area contributed by atoms with Gasteiger partial charge >= 0.3 is 0 Å². The molecule has 2 unspecified atom stereocenters. The van der Waals surface area contributed by atoms with Crippen molar-refractivity contribution < 1.29 is 4.74 Å². The molecule has 0 amide bonds. The Morgan fingerprint density at radius 3 is 1.12 bits per heavy atom. The number of likely N-dealkylation sites (N-methyl/N-ethyl adjacent to an activating group) is 4. The Bertz CT molecular complexity index is 365. The normalized spacial score (nSPS) is 14.2. The highest BCUT2D eigenvalue weighted by molar-refractivity contribution is 4.75. The minimum Gasteiger partial charge on any atom is -0.378 e. The van der Waals surface area contributed by atoms with Gasteiger partial charge in [0.15, 0.2) is 0 Å². The van der Waals surface area contributed by atoms with Gasteiger partial charge < -0.3 is 14.5 Å². The molecule has 5 heteroatoms. The first kappa shape index (κ1) is 32.8. The maximum absolute atomic E-state index is 6.53. The fourth-order valence-electron chi connectivity index (χ4n) is 4.78. The van der Waals surface area contributed by atoms with Crippen molar-refractivity contribution >= 4 is 0 Å². The number of hydrogen-bond donors (Lipinski definition) is 0. The molecule has 0 heterocycles. The molecule has 0 aliphatic rings. The highest BCUT2D eigenvalue weighted by Crippen LogP contribution is 2.14. The van der Waals surface area contributed by atoms with Crippen LogP contribution in [0.25, 0.3) is 0 Å². The van der Waals surface area contributed by atoms with E-state index < -0.39 is 0 Å². The average Bonchev–Trinajstić information content (AvgIpc) is 2.84. The maximum Gasteiger partial charge on any atom is 0.0622 e. The van der Waals surface area contributed by atoms with Gasteiger partial charge in [-0.3, -0.25) is 9.80 Å². The molecule has 0 saturated carbocycles. The molecule has 0 aromatic heterocycles. The Morgan fingerprint density at radius 2 is 0.848 bits per heavy atom. The molecule has 33 heavy (non-hydrogen) atoms. The molecule has 0 radical (unpaired) electrons. The summed E-state index contributed by atoms with van der Waals surface area (Å²) in [7, 11) is 0. The molecule has 0 spiro atoms. The first-order valence-electron chi connectivity index (χ1n) is 14.5. The SMILES string of the molecule is CCCCC(COCC(CCCC)N(CC)CCN(CC)CC)N(CC)CCN(CC)CC. The third kappa shape index (κ3) is 14.7. The predicted octanol–water partition coefficient (Wildman–Crippen LogP) is 5.45. The number of ether oxygens (including phenoxy) is 1. The summed E-state index contributed by atoms with van der Waals surface area (Å²) in [5.74, 6) is 0. The van der Waals surface area contributed by atoms with E-state index in [0.29, 0.717) is 12.1 Å². The smallest absolute Gasteiger partial charge is 0.0622 e. The molecule has 0 N–H and O–H groups in total. The van der Waals surface area contributed by atoms with Crippen molar-refractivity contribution in [1.29, 1.82) is 0 Å². The Labute approximate surface area is 209 Å². The lowest BCUT2D eigenvalue weighted by Gasteiger charge is -2.35. The van der Waals surface area contributed by atoms with Crippen LogP contribution in [-0.2, 0) is 4.74 Å². The zero-order chi connectivity index (χ0) is 24.9. The maximum atomic E-state index is 6.53. The molecule has 0 aromatic rings. The van der Waals surface area contributed by atoms with E-state index in [1.807, 2.05) is 0 Å². The Kier molecular flexibility index (Phi) is 22.1. The van der Waals surface area contributed by atoms with Gasteiger partial charge in [0, 0.05) is 38.3 Å². The molecule has 2 atom stereocenters. The highest BCUT2D eigenvalue weighted by atomic mass is 16.5. The number of hydrogen-bond acceptors (Lipinski definition) is 5. The standard InChI is InChI=1S/C28H62N4O/c1-9-17-19-27(31(15-7)23-21-29(11-3)12-4)25-33-26-28(20-18-10-2)32(16-8)24-22-30(13-5)14-6/h27-28H,9-26H2,1-8H3. The van der Waals surface area contributed by atoms with E-state index in [1.165, 1.54) is 38.5 Å². The molecule has 0 saturated heterocycles. The summed E-state index contributed by atoms with van der Waals surface area (Å²) in [6, 6.07) is 1.09. The lowest BCUT2D eigenvalue weighted by molar-refractivity contribution is 0.0143. The van der Waals surface area contributed by atoms with Crippen molar-refractivity contribution in [3.63, 3.8) is 0 Å². The van der Waals surface area contributed by atoms with Gasteiger partial charge in [0.05, 0.1) is 13.2 Å². The molecular weight excluding hydrogens is 408 g/mol. The average molecular weight is 471 g/mol. The first-order chi connectivity index (χ1) is 16.0. The van der Waals surface area contributed by atoms with E-state index in [2.05, 4.69) is 75.0 Å². The van der Waals surface area contributed by atoms with E-state index in [1.54, 1.807) is 0 Å². The minimum atomic E-state index is 0.545. The zero-order valence-electron chi connectivity index (χ0n) is 24.1. The second-order valence-corrected chi connectivity index (χ2v) is 9.44. The van der Waals surface area contributed by atoms with Crippen molar-refractivity contribution in [3.8, 4) is 0 Å². The van der Waals surface area contributed by atoms with Crippen molar-refractivity contribution in [2.45, 2.75) is 106 Å². The van der Waals surface area contributed by atoms with Gasteiger partial charge in [-0.15, -0.1) is 0 Å². The monoisotopic (exact) mass is 470 g/mol. The molecular formula is C28H62N4O. The third-order valence-corrected chi connectivity index (χ3v) is 7.44. The highest BCUT2D eigenvalue weighted by Gasteiger charge is 2.21. The fraction of sp³-hybridized carbons (Fsp3) is 1.00. The molecule has 0 aliphatic carbocycles. The largest absolute Gasteiger partial charge is 0.378 e. The van der Waals surface area contributed by atoms with Gasteiger partial charge in [-0.1, -0.05) is 81.1 Å². The summed E-state index contributed by atoms with van der Waals surface area (Å²) in [6.45, 7) is 31.5. The number of rotatable bonds is 24. The van der Waals surface area contributed by atoms with Crippen molar-refractivity contribution in [1.82, 2.24) is 19.6 Å². The van der Waals surface area contributed by atoms with E-state index in [-0.39, 0.29) is 0 Å². The van der Waals surface area contributed by atoms with E-state index in [9.17, 15) is 0 Å². The van der Waals surface area contributed by atoms with Crippen molar-refractivity contribution in [2.24, 2.45) is 0 Å². The Hall–Kier alpha value is -0.200. The summed E-state index contributed by atoms with van der Waals surface area (Å²) in [5.41, 5.74) is 0. The summed E-state index contributed by atoms with van der Waals surface area (Å²) in [5, 5.41) is 0. The Balaban J connectivity index is 4.99. The van der Waals surface area contributed by atoms with Gasteiger partial charge in [-0.05, 0) is 52.1 Å². The van der Waals surface area contributed by atoms with Gasteiger partial charge in [-0.2, -0.15) is 0 Å². The van der Waals surface area contributed by atoms with Crippen LogP contribution in [0.1, 0.15) is 93.9 Å². The van der Waals surface area contributed by atoms with E-state index in [4.69, 9.17) is 4.74 Å². The Morgan fingerprint density at radius 1 is 0.485 bits per heavy atom. The van der Waals surface area contributed by atoms with Crippen LogP contribution >= 0.6 is 0 Å². The summed E-state index contributed by atoms with van der Waals surface area (Å²) in [4.78, 5) is 10.4. The van der Waals surface area contributed by atoms with Crippen molar-refractivity contribution in [2.75, 3.05) is 78.7 Å².